The Hall–Kier alpha value is -2.94. The molecule has 0 unspecified atom stereocenters. The molecule has 0 amide bonds. The molecule has 0 aliphatic heterocycles. The largest absolute Gasteiger partial charge is 0.296 e. The fraction of sp³-hybridized carbons (Fsp3) is 0.217. The summed E-state index contributed by atoms with van der Waals surface area (Å²) < 4.78 is 4.67. The lowest BCUT2D eigenvalue weighted by atomic mass is 10.1. The molecule has 2 aromatic carbocycles. The fourth-order valence-corrected chi connectivity index (χ4v) is 3.93. The topological polar surface area (TPSA) is 21.7 Å². The summed E-state index contributed by atoms with van der Waals surface area (Å²) in [5.41, 5.74) is 9.66. The lowest BCUT2D eigenvalue weighted by molar-refractivity contribution is -0.633. The Balaban J connectivity index is 2.19. The van der Waals surface area contributed by atoms with E-state index in [2.05, 4.69) is 90.5 Å². The molecule has 3 nitrogen and oxygen atoms in total. The van der Waals surface area contributed by atoms with Crippen molar-refractivity contribution in [2.45, 2.75) is 27.7 Å². The number of aromatic nitrogens is 3. The second-order valence-corrected chi connectivity index (χ2v) is 7.09. The van der Waals surface area contributed by atoms with Crippen molar-refractivity contribution in [2.75, 3.05) is 0 Å². The van der Waals surface area contributed by atoms with Gasteiger partial charge in [0, 0.05) is 11.9 Å². The van der Waals surface area contributed by atoms with Gasteiger partial charge < -0.3 is 0 Å². The van der Waals surface area contributed by atoms with E-state index in [1.807, 2.05) is 13.1 Å². The third-order valence-electron chi connectivity index (χ3n) is 5.17. The van der Waals surface area contributed by atoms with Gasteiger partial charge in [0.15, 0.2) is 11.0 Å². The highest BCUT2D eigenvalue weighted by atomic mass is 15.2. The molecule has 0 N–H and O–H groups in total. The first-order valence-corrected chi connectivity index (χ1v) is 8.98. The van der Waals surface area contributed by atoms with Crippen molar-refractivity contribution in [3.8, 4) is 17.1 Å². The molecule has 0 atom stereocenters. The van der Waals surface area contributed by atoms with E-state index < -0.39 is 0 Å². The summed E-state index contributed by atoms with van der Waals surface area (Å²) >= 11 is 0. The van der Waals surface area contributed by atoms with Crippen molar-refractivity contribution in [3.05, 3.63) is 77.1 Å². The van der Waals surface area contributed by atoms with Gasteiger partial charge in [-0.05, 0) is 62.6 Å². The third-order valence-corrected chi connectivity index (χ3v) is 5.17. The van der Waals surface area contributed by atoms with Gasteiger partial charge in [-0.3, -0.25) is 4.98 Å². The number of para-hydroxylation sites is 3. The van der Waals surface area contributed by atoms with Gasteiger partial charge in [-0.1, -0.05) is 30.3 Å². The second kappa shape index (κ2) is 6.10. The highest BCUT2D eigenvalue weighted by Crippen LogP contribution is 2.31. The quantitative estimate of drug-likeness (QED) is 0.482. The molecular formula is C23H24N3+. The molecule has 2 heterocycles. The molecule has 0 fully saturated rings. The number of hydrogen-bond acceptors (Lipinski definition) is 1. The first-order chi connectivity index (χ1) is 12.5. The van der Waals surface area contributed by atoms with Crippen LogP contribution in [0.15, 0.2) is 54.7 Å². The van der Waals surface area contributed by atoms with Crippen LogP contribution in [-0.2, 0) is 7.05 Å². The van der Waals surface area contributed by atoms with Gasteiger partial charge in [0.2, 0.25) is 0 Å². The molecule has 0 aliphatic rings. The van der Waals surface area contributed by atoms with Crippen LogP contribution in [0.5, 0.6) is 0 Å². The summed E-state index contributed by atoms with van der Waals surface area (Å²) in [6, 6.07) is 17.2. The molecular weight excluding hydrogens is 318 g/mol. The Kier molecular flexibility index (Phi) is 3.87. The summed E-state index contributed by atoms with van der Waals surface area (Å²) in [5.74, 6) is 1.16. The SMILES string of the molecule is Cc1cc(C)c(-c2n(-c3c(C)cccc3C)c3ccccc3[n+]2C)cn1. The predicted molar refractivity (Wildman–Crippen MR) is 107 cm³/mol. The summed E-state index contributed by atoms with van der Waals surface area (Å²) in [4.78, 5) is 4.58. The average Bonchev–Trinajstić information content (AvgIpc) is 2.88. The van der Waals surface area contributed by atoms with Crippen molar-refractivity contribution < 1.29 is 4.57 Å². The minimum atomic E-state index is 1.05. The Bertz CT molecular complexity index is 1120. The maximum atomic E-state index is 4.58. The number of rotatable bonds is 2. The van der Waals surface area contributed by atoms with Gasteiger partial charge in [0.05, 0.1) is 12.6 Å². The number of nitrogens with zero attached hydrogens (tertiary/aromatic N) is 3. The van der Waals surface area contributed by atoms with E-state index in [4.69, 9.17) is 0 Å². The minimum Gasteiger partial charge on any atom is -0.261 e. The molecule has 26 heavy (non-hydrogen) atoms. The van der Waals surface area contributed by atoms with Gasteiger partial charge in [-0.2, -0.15) is 4.57 Å². The molecule has 2 aromatic heterocycles. The van der Waals surface area contributed by atoms with E-state index >= 15 is 0 Å². The van der Waals surface area contributed by atoms with Gasteiger partial charge in [-0.15, -0.1) is 0 Å². The molecule has 0 aliphatic carbocycles. The predicted octanol–water partition coefficient (Wildman–Crippen LogP) is 4.75. The van der Waals surface area contributed by atoms with Crippen LogP contribution in [0.4, 0.5) is 0 Å². The first kappa shape index (κ1) is 16.5. The molecule has 0 radical (unpaired) electrons. The van der Waals surface area contributed by atoms with Crippen molar-refractivity contribution in [3.63, 3.8) is 0 Å². The van der Waals surface area contributed by atoms with E-state index in [-0.39, 0.29) is 0 Å². The molecule has 0 saturated carbocycles. The smallest absolute Gasteiger partial charge is 0.261 e. The maximum absolute atomic E-state index is 4.58. The van der Waals surface area contributed by atoms with Crippen molar-refractivity contribution in [1.29, 1.82) is 0 Å². The number of pyridine rings is 1. The number of hydrogen-bond donors (Lipinski definition) is 0. The minimum absolute atomic E-state index is 1.05. The van der Waals surface area contributed by atoms with E-state index in [1.54, 1.807) is 0 Å². The molecule has 130 valence electrons. The zero-order valence-electron chi connectivity index (χ0n) is 16.0. The third kappa shape index (κ3) is 2.43. The van der Waals surface area contributed by atoms with Gasteiger partial charge in [-0.25, -0.2) is 4.57 Å². The standard InChI is InChI=1S/C23H24N3/c1-15-9-8-10-16(2)22(15)26-21-12-7-6-11-20(21)25(5)23(26)19-14-24-18(4)13-17(19)3/h6-14H,1-5H3/q+1. The van der Waals surface area contributed by atoms with Crippen LogP contribution in [0.2, 0.25) is 0 Å². The van der Waals surface area contributed by atoms with Crippen LogP contribution in [0, 0.1) is 27.7 Å². The van der Waals surface area contributed by atoms with Crippen LogP contribution in [0.1, 0.15) is 22.4 Å². The molecule has 4 aromatic rings. The van der Waals surface area contributed by atoms with Crippen LogP contribution in [0.3, 0.4) is 0 Å². The summed E-state index contributed by atoms with van der Waals surface area (Å²) in [6.45, 7) is 8.57. The van der Waals surface area contributed by atoms with Crippen LogP contribution in [-0.4, -0.2) is 9.55 Å². The van der Waals surface area contributed by atoms with E-state index in [0.29, 0.717) is 0 Å². The number of imidazole rings is 1. The van der Waals surface area contributed by atoms with Gasteiger partial charge >= 0.3 is 0 Å². The van der Waals surface area contributed by atoms with Crippen LogP contribution in [0.25, 0.3) is 28.1 Å². The maximum Gasteiger partial charge on any atom is 0.296 e. The van der Waals surface area contributed by atoms with Crippen molar-refractivity contribution in [1.82, 2.24) is 9.55 Å². The van der Waals surface area contributed by atoms with Crippen molar-refractivity contribution in [2.24, 2.45) is 7.05 Å². The zero-order chi connectivity index (χ0) is 18.4. The lowest BCUT2D eigenvalue weighted by Crippen LogP contribution is -2.30. The molecule has 4 rings (SSSR count). The molecule has 0 bridgehead atoms. The zero-order valence-corrected chi connectivity index (χ0v) is 16.0. The highest BCUT2D eigenvalue weighted by Gasteiger charge is 2.28. The van der Waals surface area contributed by atoms with Gasteiger partial charge in [0.1, 0.15) is 5.69 Å². The summed E-state index contributed by atoms with van der Waals surface area (Å²) in [5, 5.41) is 0. The van der Waals surface area contributed by atoms with Crippen molar-refractivity contribution >= 4 is 11.0 Å². The summed E-state index contributed by atoms with van der Waals surface area (Å²) in [7, 11) is 2.14. The molecule has 3 heteroatoms. The van der Waals surface area contributed by atoms with Crippen LogP contribution >= 0.6 is 0 Å². The Morgan fingerprint density at radius 3 is 2.23 bits per heavy atom. The number of aryl methyl sites for hydroxylation is 5. The Labute approximate surface area is 154 Å². The lowest BCUT2D eigenvalue weighted by Gasteiger charge is -2.10. The monoisotopic (exact) mass is 342 g/mol. The van der Waals surface area contributed by atoms with E-state index in [1.165, 1.54) is 33.4 Å². The Morgan fingerprint density at radius 1 is 0.846 bits per heavy atom. The second-order valence-electron chi connectivity index (χ2n) is 7.09. The van der Waals surface area contributed by atoms with Gasteiger partial charge in [0.25, 0.3) is 5.82 Å². The molecule has 0 saturated heterocycles. The first-order valence-electron chi connectivity index (χ1n) is 8.98. The molecule has 0 spiro atoms. The fourth-order valence-electron chi connectivity index (χ4n) is 3.93. The van der Waals surface area contributed by atoms with Crippen LogP contribution < -0.4 is 4.57 Å². The normalized spacial score (nSPS) is 11.3. The highest BCUT2D eigenvalue weighted by molar-refractivity contribution is 5.80. The number of fused-ring (bicyclic) bond motifs is 1. The van der Waals surface area contributed by atoms with E-state index in [0.717, 1.165) is 17.1 Å². The average molecular weight is 342 g/mol. The summed E-state index contributed by atoms with van der Waals surface area (Å²) in [6.07, 6.45) is 2.00. The Morgan fingerprint density at radius 2 is 1.54 bits per heavy atom. The van der Waals surface area contributed by atoms with E-state index in [9.17, 15) is 0 Å². The number of benzene rings is 2.